The fraction of sp³-hybridized carbons (Fsp3) is 0.480. The number of primary amides is 1. The maximum Gasteiger partial charge on any atom is 0.326 e. The van der Waals surface area contributed by atoms with Crippen LogP contribution < -0.4 is 27.4 Å². The zero-order valence-electron chi connectivity index (χ0n) is 21.4. The van der Waals surface area contributed by atoms with Crippen molar-refractivity contribution in [2.45, 2.75) is 63.7 Å². The van der Waals surface area contributed by atoms with E-state index in [2.05, 4.69) is 20.9 Å². The van der Waals surface area contributed by atoms with E-state index in [-0.39, 0.29) is 31.6 Å². The van der Waals surface area contributed by atoms with Crippen LogP contribution in [0.4, 0.5) is 0 Å². The predicted octanol–water partition coefficient (Wildman–Crippen LogP) is -1.12. The molecule has 0 saturated carbocycles. The van der Waals surface area contributed by atoms with Gasteiger partial charge in [-0.25, -0.2) is 4.79 Å². The van der Waals surface area contributed by atoms with E-state index in [9.17, 15) is 34.2 Å². The number of nitrogens with one attached hydrogen (secondary N) is 4. The number of benzene rings is 1. The molecule has 2 aromatic rings. The topological polar surface area (TPSA) is 230 Å². The summed E-state index contributed by atoms with van der Waals surface area (Å²) >= 11 is 0. The summed E-state index contributed by atoms with van der Waals surface area (Å²) in [4.78, 5) is 64.2. The molecular formula is C25H36N6O7. The van der Waals surface area contributed by atoms with Crippen LogP contribution in [0.2, 0.25) is 0 Å². The van der Waals surface area contributed by atoms with Gasteiger partial charge in [-0.1, -0.05) is 32.0 Å². The Hall–Kier alpha value is -3.97. The van der Waals surface area contributed by atoms with Crippen LogP contribution in [-0.2, 0) is 30.4 Å². The second kappa shape index (κ2) is 14.1. The molecule has 0 radical (unpaired) electrons. The van der Waals surface area contributed by atoms with E-state index in [0.717, 1.165) is 16.5 Å². The summed E-state index contributed by atoms with van der Waals surface area (Å²) in [7, 11) is 0. The van der Waals surface area contributed by atoms with Crippen molar-refractivity contribution in [2.75, 3.05) is 6.61 Å². The maximum atomic E-state index is 12.9. The van der Waals surface area contributed by atoms with Gasteiger partial charge in [0.1, 0.15) is 18.1 Å². The average molecular weight is 533 g/mol. The molecule has 38 heavy (non-hydrogen) atoms. The number of hydrogen-bond acceptors (Lipinski definition) is 7. The third-order valence-electron chi connectivity index (χ3n) is 5.90. The third-order valence-corrected chi connectivity index (χ3v) is 5.90. The van der Waals surface area contributed by atoms with Gasteiger partial charge in [0, 0.05) is 23.5 Å². The predicted molar refractivity (Wildman–Crippen MR) is 138 cm³/mol. The molecule has 13 heteroatoms. The van der Waals surface area contributed by atoms with Crippen LogP contribution in [0.15, 0.2) is 30.5 Å². The number of aromatic amines is 1. The summed E-state index contributed by atoms with van der Waals surface area (Å²) in [5, 5.41) is 27.0. The molecule has 4 atom stereocenters. The highest BCUT2D eigenvalue weighted by Gasteiger charge is 2.30. The van der Waals surface area contributed by atoms with Gasteiger partial charge in [0.25, 0.3) is 0 Å². The number of carbonyl (C=O) groups is 5. The normalized spacial score (nSPS) is 14.3. The molecule has 0 aliphatic heterocycles. The zero-order chi connectivity index (χ0) is 28.4. The van der Waals surface area contributed by atoms with Crippen molar-refractivity contribution in [3.05, 3.63) is 36.0 Å². The summed E-state index contributed by atoms with van der Waals surface area (Å²) < 4.78 is 0. The first kappa shape index (κ1) is 30.3. The lowest BCUT2D eigenvalue weighted by atomic mass is 10.0. The number of aromatic nitrogens is 1. The van der Waals surface area contributed by atoms with E-state index in [1.807, 2.05) is 24.3 Å². The number of para-hydroxylation sites is 1. The first-order chi connectivity index (χ1) is 17.9. The van der Waals surface area contributed by atoms with Crippen molar-refractivity contribution >= 4 is 40.5 Å². The smallest absolute Gasteiger partial charge is 0.326 e. The zero-order valence-corrected chi connectivity index (χ0v) is 21.4. The van der Waals surface area contributed by atoms with Gasteiger partial charge in [-0.05, 0) is 36.8 Å². The highest BCUT2D eigenvalue weighted by Crippen LogP contribution is 2.18. The highest BCUT2D eigenvalue weighted by atomic mass is 16.4. The second-order valence-electron chi connectivity index (χ2n) is 9.51. The number of aliphatic carboxylic acids is 1. The quantitative estimate of drug-likeness (QED) is 0.140. The SMILES string of the molecule is CC(C)CC(NC(=O)C(CO)NC(=O)C(CCC(N)=O)NC(=O)C(N)Cc1c[nH]c2ccccc12)C(=O)O. The van der Waals surface area contributed by atoms with E-state index in [1.165, 1.54) is 0 Å². The van der Waals surface area contributed by atoms with Gasteiger partial charge in [0.2, 0.25) is 23.6 Å². The molecule has 4 amide bonds. The van der Waals surface area contributed by atoms with Crippen LogP contribution in [0.1, 0.15) is 38.7 Å². The molecule has 0 fully saturated rings. The monoisotopic (exact) mass is 532 g/mol. The molecule has 0 aliphatic carbocycles. The Bertz CT molecular complexity index is 1150. The van der Waals surface area contributed by atoms with E-state index in [4.69, 9.17) is 11.5 Å². The number of nitrogens with two attached hydrogens (primary N) is 2. The number of rotatable bonds is 15. The number of carboxylic acids is 1. The second-order valence-corrected chi connectivity index (χ2v) is 9.51. The lowest BCUT2D eigenvalue weighted by Gasteiger charge is -2.24. The van der Waals surface area contributed by atoms with Crippen LogP contribution in [-0.4, -0.2) is 75.6 Å². The summed E-state index contributed by atoms with van der Waals surface area (Å²) in [6.45, 7) is 2.73. The summed E-state index contributed by atoms with van der Waals surface area (Å²) in [6.07, 6.45) is 1.61. The Balaban J connectivity index is 2.08. The van der Waals surface area contributed by atoms with Crippen LogP contribution in [0.25, 0.3) is 10.9 Å². The number of fused-ring (bicyclic) bond motifs is 1. The summed E-state index contributed by atoms with van der Waals surface area (Å²) in [5.74, 6) is -4.47. The molecule has 4 unspecified atom stereocenters. The van der Waals surface area contributed by atoms with Crippen LogP contribution in [0, 0.1) is 5.92 Å². The first-order valence-electron chi connectivity index (χ1n) is 12.3. The number of hydrogen-bond donors (Lipinski definition) is 8. The van der Waals surface area contributed by atoms with Gasteiger partial charge in [-0.2, -0.15) is 0 Å². The molecule has 0 spiro atoms. The number of amides is 4. The molecule has 0 bridgehead atoms. The van der Waals surface area contributed by atoms with Crippen molar-refractivity contribution in [1.29, 1.82) is 0 Å². The Kier molecular flexibility index (Phi) is 11.2. The number of carbonyl (C=O) groups excluding carboxylic acids is 4. The van der Waals surface area contributed by atoms with Crippen molar-refractivity contribution in [3.8, 4) is 0 Å². The number of aliphatic hydroxyl groups excluding tert-OH is 1. The molecule has 1 aromatic heterocycles. The van der Waals surface area contributed by atoms with Gasteiger partial charge < -0.3 is 42.6 Å². The largest absolute Gasteiger partial charge is 0.480 e. The third kappa shape index (κ3) is 8.85. The minimum Gasteiger partial charge on any atom is -0.480 e. The Morgan fingerprint density at radius 1 is 0.947 bits per heavy atom. The molecule has 10 N–H and O–H groups in total. The van der Waals surface area contributed by atoms with Crippen molar-refractivity contribution in [3.63, 3.8) is 0 Å². The van der Waals surface area contributed by atoms with Crippen molar-refractivity contribution < 1.29 is 34.2 Å². The summed E-state index contributed by atoms with van der Waals surface area (Å²) in [6, 6.07) is 2.42. The van der Waals surface area contributed by atoms with E-state index < -0.39 is 60.4 Å². The Labute approximate surface area is 219 Å². The molecule has 13 nitrogen and oxygen atoms in total. The van der Waals surface area contributed by atoms with Crippen molar-refractivity contribution in [2.24, 2.45) is 17.4 Å². The van der Waals surface area contributed by atoms with Gasteiger partial charge in [-0.15, -0.1) is 0 Å². The molecule has 0 saturated heterocycles. The first-order valence-corrected chi connectivity index (χ1v) is 12.3. The average Bonchev–Trinajstić information content (AvgIpc) is 3.26. The lowest BCUT2D eigenvalue weighted by molar-refractivity contribution is -0.143. The van der Waals surface area contributed by atoms with E-state index >= 15 is 0 Å². The van der Waals surface area contributed by atoms with Gasteiger partial charge in [0.05, 0.1) is 12.6 Å². The molecule has 0 aliphatic rings. The highest BCUT2D eigenvalue weighted by molar-refractivity contribution is 5.94. The summed E-state index contributed by atoms with van der Waals surface area (Å²) in [5.41, 5.74) is 13.0. The molecule has 2 rings (SSSR count). The van der Waals surface area contributed by atoms with Gasteiger partial charge in [-0.3, -0.25) is 19.2 Å². The van der Waals surface area contributed by atoms with Crippen molar-refractivity contribution in [1.82, 2.24) is 20.9 Å². The fourth-order valence-electron chi connectivity index (χ4n) is 3.90. The molecule has 208 valence electrons. The molecular weight excluding hydrogens is 496 g/mol. The Morgan fingerprint density at radius 2 is 1.55 bits per heavy atom. The van der Waals surface area contributed by atoms with Crippen LogP contribution >= 0.6 is 0 Å². The molecule has 1 aromatic carbocycles. The van der Waals surface area contributed by atoms with E-state index in [0.29, 0.717) is 0 Å². The number of aliphatic hydroxyl groups is 1. The fourth-order valence-corrected chi connectivity index (χ4v) is 3.90. The minimum absolute atomic E-state index is 0.0413. The minimum atomic E-state index is -1.50. The van der Waals surface area contributed by atoms with E-state index in [1.54, 1.807) is 20.0 Å². The van der Waals surface area contributed by atoms with Crippen LogP contribution in [0.5, 0.6) is 0 Å². The Morgan fingerprint density at radius 3 is 2.16 bits per heavy atom. The van der Waals surface area contributed by atoms with Gasteiger partial charge >= 0.3 is 5.97 Å². The number of carboxylic acid groups (broad SMARTS) is 1. The lowest BCUT2D eigenvalue weighted by Crippen LogP contribution is -2.58. The van der Waals surface area contributed by atoms with Gasteiger partial charge in [0.15, 0.2) is 0 Å². The number of H-pyrrole nitrogens is 1. The van der Waals surface area contributed by atoms with Crippen LogP contribution in [0.3, 0.4) is 0 Å². The maximum absolute atomic E-state index is 12.9. The standard InChI is InChI=1S/C25H36N6O7/c1-13(2)9-19(25(37)38)30-24(36)20(12-32)31-23(35)18(7-8-21(27)33)29-22(34)16(26)10-14-11-28-17-6-4-3-5-15(14)17/h3-6,11,13,16,18-20,28,32H,7-10,12,26H2,1-2H3,(H2,27,33)(H,29,34)(H,30,36)(H,31,35)(H,37,38). The molecule has 1 heterocycles.